The van der Waals surface area contributed by atoms with Gasteiger partial charge in [-0.25, -0.2) is 4.79 Å². The van der Waals surface area contributed by atoms with Crippen LogP contribution < -0.4 is 10.6 Å². The van der Waals surface area contributed by atoms with Crippen molar-refractivity contribution in [3.05, 3.63) is 5.82 Å². The third kappa shape index (κ3) is 3.63. The number of aromatic amines is 1. The highest BCUT2D eigenvalue weighted by molar-refractivity contribution is 5.74. The molecule has 1 heterocycles. The summed E-state index contributed by atoms with van der Waals surface area (Å²) in [6, 6.07) is -0.360. The molecular weight excluding hydrogens is 252 g/mol. The van der Waals surface area contributed by atoms with Crippen LogP contribution in [0.2, 0.25) is 0 Å². The van der Waals surface area contributed by atoms with Crippen molar-refractivity contribution < 1.29 is 14.7 Å². The summed E-state index contributed by atoms with van der Waals surface area (Å²) in [4.78, 5) is 22.5. The SMILES string of the molecule is O=C(NCc1nn[nH]n1)NCC1CCCC1C(=O)O. The minimum absolute atomic E-state index is 0.00780. The molecule has 0 bridgehead atoms. The third-order valence-corrected chi connectivity index (χ3v) is 3.30. The molecule has 104 valence electrons. The second-order valence-electron chi connectivity index (χ2n) is 4.53. The Hall–Kier alpha value is -2.19. The molecule has 1 aromatic heterocycles. The predicted octanol–water partition coefficient (Wildman–Crippen LogP) is -0.500. The van der Waals surface area contributed by atoms with Gasteiger partial charge in [0.15, 0.2) is 5.82 Å². The Morgan fingerprint density at radius 2 is 2.21 bits per heavy atom. The molecule has 2 atom stereocenters. The zero-order valence-corrected chi connectivity index (χ0v) is 10.3. The molecule has 1 fully saturated rings. The number of aromatic nitrogens is 4. The van der Waals surface area contributed by atoms with Gasteiger partial charge in [0.2, 0.25) is 0 Å². The fraction of sp³-hybridized carbons (Fsp3) is 0.700. The summed E-state index contributed by atoms with van der Waals surface area (Å²) < 4.78 is 0. The minimum atomic E-state index is -0.781. The van der Waals surface area contributed by atoms with Gasteiger partial charge in [-0.2, -0.15) is 5.21 Å². The van der Waals surface area contributed by atoms with Crippen molar-refractivity contribution in [2.75, 3.05) is 6.54 Å². The maximum Gasteiger partial charge on any atom is 0.315 e. The highest BCUT2D eigenvalue weighted by Crippen LogP contribution is 2.31. The number of tetrazole rings is 1. The van der Waals surface area contributed by atoms with Gasteiger partial charge in [0.05, 0.1) is 12.5 Å². The first kappa shape index (κ1) is 13.2. The van der Waals surface area contributed by atoms with E-state index in [1.807, 2.05) is 0 Å². The molecule has 2 amide bonds. The van der Waals surface area contributed by atoms with Crippen LogP contribution >= 0.6 is 0 Å². The number of nitrogens with one attached hydrogen (secondary N) is 3. The monoisotopic (exact) mass is 268 g/mol. The van der Waals surface area contributed by atoms with Gasteiger partial charge in [0.1, 0.15) is 0 Å². The number of hydrogen-bond donors (Lipinski definition) is 4. The molecule has 0 spiro atoms. The summed E-state index contributed by atoms with van der Waals surface area (Å²) in [5, 5.41) is 27.3. The first-order chi connectivity index (χ1) is 9.16. The molecule has 2 rings (SSSR count). The summed E-state index contributed by atoms with van der Waals surface area (Å²) >= 11 is 0. The van der Waals surface area contributed by atoms with Gasteiger partial charge < -0.3 is 15.7 Å². The fourth-order valence-electron chi connectivity index (χ4n) is 2.31. The normalized spacial score (nSPS) is 22.1. The molecular formula is C10H16N6O3. The average Bonchev–Trinajstić information content (AvgIpc) is 3.04. The number of carbonyl (C=O) groups is 2. The van der Waals surface area contributed by atoms with Crippen molar-refractivity contribution in [2.24, 2.45) is 11.8 Å². The van der Waals surface area contributed by atoms with Gasteiger partial charge in [0.25, 0.3) is 0 Å². The quantitative estimate of drug-likeness (QED) is 0.569. The van der Waals surface area contributed by atoms with Crippen LogP contribution in [0.1, 0.15) is 25.1 Å². The highest BCUT2D eigenvalue weighted by Gasteiger charge is 2.32. The zero-order chi connectivity index (χ0) is 13.7. The number of amides is 2. The Kier molecular flexibility index (Phi) is 4.26. The molecule has 1 aliphatic carbocycles. The van der Waals surface area contributed by atoms with Gasteiger partial charge in [0, 0.05) is 6.54 Å². The Bertz CT molecular complexity index is 434. The molecule has 0 saturated heterocycles. The molecule has 0 aromatic carbocycles. The number of nitrogens with zero attached hydrogens (tertiary/aromatic N) is 3. The van der Waals surface area contributed by atoms with Crippen molar-refractivity contribution in [1.29, 1.82) is 0 Å². The van der Waals surface area contributed by atoms with E-state index in [1.54, 1.807) is 0 Å². The second kappa shape index (κ2) is 6.12. The highest BCUT2D eigenvalue weighted by atomic mass is 16.4. The Morgan fingerprint density at radius 1 is 1.37 bits per heavy atom. The zero-order valence-electron chi connectivity index (χ0n) is 10.3. The number of rotatable bonds is 5. The predicted molar refractivity (Wildman–Crippen MR) is 62.9 cm³/mol. The van der Waals surface area contributed by atoms with E-state index in [2.05, 4.69) is 31.3 Å². The van der Waals surface area contributed by atoms with Gasteiger partial charge in [-0.15, -0.1) is 10.2 Å². The van der Waals surface area contributed by atoms with E-state index in [1.165, 1.54) is 0 Å². The summed E-state index contributed by atoms with van der Waals surface area (Å²) in [5.41, 5.74) is 0. The Labute approximate surface area is 109 Å². The summed E-state index contributed by atoms with van der Waals surface area (Å²) in [5.74, 6) is -0.734. The van der Waals surface area contributed by atoms with Crippen molar-refractivity contribution in [1.82, 2.24) is 31.3 Å². The van der Waals surface area contributed by atoms with Crippen LogP contribution in [-0.2, 0) is 11.3 Å². The maximum atomic E-state index is 11.5. The van der Waals surface area contributed by atoms with E-state index in [4.69, 9.17) is 5.11 Å². The molecule has 1 aliphatic rings. The van der Waals surface area contributed by atoms with Crippen LogP contribution in [0.4, 0.5) is 4.79 Å². The number of H-pyrrole nitrogens is 1. The minimum Gasteiger partial charge on any atom is -0.481 e. The van der Waals surface area contributed by atoms with Crippen LogP contribution in [0.5, 0.6) is 0 Å². The van der Waals surface area contributed by atoms with Gasteiger partial charge in [-0.3, -0.25) is 4.79 Å². The van der Waals surface area contributed by atoms with Gasteiger partial charge in [-0.1, -0.05) is 11.6 Å². The molecule has 1 saturated carbocycles. The second-order valence-corrected chi connectivity index (χ2v) is 4.53. The first-order valence-electron chi connectivity index (χ1n) is 6.13. The van der Waals surface area contributed by atoms with Crippen molar-refractivity contribution in [2.45, 2.75) is 25.8 Å². The number of aliphatic carboxylic acids is 1. The lowest BCUT2D eigenvalue weighted by Crippen LogP contribution is -2.39. The van der Waals surface area contributed by atoms with Crippen molar-refractivity contribution >= 4 is 12.0 Å². The molecule has 9 heteroatoms. The average molecular weight is 268 g/mol. The largest absolute Gasteiger partial charge is 0.481 e. The standard InChI is InChI=1S/C10H16N6O3/c17-9(18)7-3-1-2-6(7)4-11-10(19)12-5-8-13-15-16-14-8/h6-7H,1-5H2,(H,17,18)(H2,11,12,19)(H,13,14,15,16). The topological polar surface area (TPSA) is 133 Å². The van der Waals surface area contributed by atoms with E-state index in [-0.39, 0.29) is 24.4 Å². The van der Waals surface area contributed by atoms with E-state index in [9.17, 15) is 9.59 Å². The van der Waals surface area contributed by atoms with Crippen molar-refractivity contribution in [3.8, 4) is 0 Å². The molecule has 2 unspecified atom stereocenters. The first-order valence-corrected chi connectivity index (χ1v) is 6.13. The van der Waals surface area contributed by atoms with Gasteiger partial charge >= 0.3 is 12.0 Å². The number of urea groups is 1. The maximum absolute atomic E-state index is 11.5. The third-order valence-electron chi connectivity index (χ3n) is 3.30. The van der Waals surface area contributed by atoms with E-state index in [0.29, 0.717) is 18.8 Å². The number of carboxylic acid groups (broad SMARTS) is 1. The smallest absolute Gasteiger partial charge is 0.315 e. The lowest BCUT2D eigenvalue weighted by Gasteiger charge is -2.16. The Balaban J connectivity index is 1.70. The van der Waals surface area contributed by atoms with Crippen LogP contribution in [0.15, 0.2) is 0 Å². The lowest BCUT2D eigenvalue weighted by atomic mass is 9.96. The molecule has 0 aliphatic heterocycles. The summed E-state index contributed by atoms with van der Waals surface area (Å²) in [6.45, 7) is 0.546. The van der Waals surface area contributed by atoms with Crippen LogP contribution in [0, 0.1) is 11.8 Å². The molecule has 9 nitrogen and oxygen atoms in total. The van der Waals surface area contributed by atoms with Crippen LogP contribution in [0.3, 0.4) is 0 Å². The van der Waals surface area contributed by atoms with Crippen molar-refractivity contribution in [3.63, 3.8) is 0 Å². The van der Waals surface area contributed by atoms with E-state index >= 15 is 0 Å². The molecule has 4 N–H and O–H groups in total. The molecule has 0 radical (unpaired) electrons. The van der Waals surface area contributed by atoms with Gasteiger partial charge in [-0.05, 0) is 18.8 Å². The molecule has 19 heavy (non-hydrogen) atoms. The number of carboxylic acids is 1. The number of hydrogen-bond acceptors (Lipinski definition) is 5. The number of carbonyl (C=O) groups excluding carboxylic acids is 1. The van der Waals surface area contributed by atoms with Crippen LogP contribution in [0.25, 0.3) is 0 Å². The summed E-state index contributed by atoms with van der Waals surface area (Å²) in [7, 11) is 0. The lowest BCUT2D eigenvalue weighted by molar-refractivity contribution is -0.142. The van der Waals surface area contributed by atoms with E-state index < -0.39 is 5.97 Å². The summed E-state index contributed by atoms with van der Waals surface area (Å²) in [6.07, 6.45) is 2.42. The molecule has 1 aromatic rings. The van der Waals surface area contributed by atoms with Crippen LogP contribution in [-0.4, -0.2) is 44.3 Å². The Morgan fingerprint density at radius 3 is 2.89 bits per heavy atom. The fourth-order valence-corrected chi connectivity index (χ4v) is 2.31. The van der Waals surface area contributed by atoms with E-state index in [0.717, 1.165) is 12.8 Å².